The number of hydrogen-bond acceptors (Lipinski definition) is 3. The fourth-order valence-corrected chi connectivity index (χ4v) is 2.56. The van der Waals surface area contributed by atoms with Gasteiger partial charge in [0, 0.05) is 12.0 Å². The van der Waals surface area contributed by atoms with E-state index in [0.29, 0.717) is 0 Å². The van der Waals surface area contributed by atoms with Gasteiger partial charge in [0.2, 0.25) is 0 Å². The van der Waals surface area contributed by atoms with Gasteiger partial charge in [0.05, 0.1) is 12.1 Å². The topological polar surface area (TPSA) is 34.4 Å². The number of hydrogen-bond donors (Lipinski definition) is 1. The Bertz CT molecular complexity index is 533. The van der Waals surface area contributed by atoms with Crippen LogP contribution >= 0.6 is 0 Å². The Labute approximate surface area is 114 Å². The van der Waals surface area contributed by atoms with Gasteiger partial charge in [0.1, 0.15) is 11.3 Å². The molecule has 2 rings (SSSR count). The summed E-state index contributed by atoms with van der Waals surface area (Å²) in [7, 11) is 1.95. The van der Waals surface area contributed by atoms with Crippen molar-refractivity contribution in [2.24, 2.45) is 0 Å². The Kier molecular flexibility index (Phi) is 4.61. The van der Waals surface area contributed by atoms with E-state index in [-0.39, 0.29) is 12.1 Å². The van der Waals surface area contributed by atoms with Gasteiger partial charge in [0.25, 0.3) is 0 Å². The predicted octanol–water partition coefficient (Wildman–Crippen LogP) is 3.82. The minimum absolute atomic E-state index is 0.0942. The zero-order chi connectivity index (χ0) is 13.8. The molecule has 0 radical (unpaired) electrons. The average molecular weight is 261 g/mol. The fourth-order valence-electron chi connectivity index (χ4n) is 2.56. The lowest BCUT2D eigenvalue weighted by Crippen LogP contribution is -2.31. The van der Waals surface area contributed by atoms with E-state index in [9.17, 15) is 0 Å². The van der Waals surface area contributed by atoms with Crippen LogP contribution in [0.4, 0.5) is 0 Å². The van der Waals surface area contributed by atoms with Crippen LogP contribution in [0, 0.1) is 6.92 Å². The average Bonchev–Trinajstić information content (AvgIpc) is 2.84. The summed E-state index contributed by atoms with van der Waals surface area (Å²) in [5.41, 5.74) is 2.15. The number of likely N-dealkylation sites (N-methyl/N-ethyl adjacent to an activating group) is 1. The Morgan fingerprint density at radius 2 is 2.11 bits per heavy atom. The molecule has 0 bridgehead atoms. The van der Waals surface area contributed by atoms with Gasteiger partial charge in [-0.05, 0) is 38.9 Å². The quantitative estimate of drug-likeness (QED) is 0.858. The number of benzene rings is 1. The molecular formula is C16H23NO2. The maximum atomic E-state index is 6.04. The van der Waals surface area contributed by atoms with E-state index in [2.05, 4.69) is 43.4 Å². The molecule has 0 fully saturated rings. The van der Waals surface area contributed by atoms with Gasteiger partial charge in [-0.1, -0.05) is 25.1 Å². The zero-order valence-electron chi connectivity index (χ0n) is 12.2. The van der Waals surface area contributed by atoms with Crippen LogP contribution in [0.1, 0.15) is 37.6 Å². The first-order valence-electron chi connectivity index (χ1n) is 6.99. The molecule has 0 spiro atoms. The van der Waals surface area contributed by atoms with E-state index in [4.69, 9.17) is 9.15 Å². The minimum atomic E-state index is 0.0942. The Balaban J connectivity index is 2.37. The van der Waals surface area contributed by atoms with E-state index < -0.39 is 0 Å². The summed E-state index contributed by atoms with van der Waals surface area (Å²) in [4.78, 5) is 0. The van der Waals surface area contributed by atoms with E-state index >= 15 is 0 Å². The van der Waals surface area contributed by atoms with E-state index in [1.54, 1.807) is 0 Å². The lowest BCUT2D eigenvalue weighted by Gasteiger charge is -2.23. The first kappa shape index (κ1) is 14.1. The van der Waals surface area contributed by atoms with Gasteiger partial charge in [-0.2, -0.15) is 0 Å². The van der Waals surface area contributed by atoms with Crippen molar-refractivity contribution in [3.8, 4) is 0 Å². The summed E-state index contributed by atoms with van der Waals surface area (Å²) in [5, 5.41) is 4.47. The predicted molar refractivity (Wildman–Crippen MR) is 78.5 cm³/mol. The van der Waals surface area contributed by atoms with Crippen molar-refractivity contribution in [3.63, 3.8) is 0 Å². The lowest BCUT2D eigenvalue weighted by atomic mass is 10.1. The third kappa shape index (κ3) is 2.82. The fraction of sp³-hybridized carbons (Fsp3) is 0.500. The molecular weight excluding hydrogens is 238 g/mol. The highest BCUT2D eigenvalue weighted by Gasteiger charge is 2.24. The molecule has 1 N–H and O–H groups in total. The second-order valence-electron chi connectivity index (χ2n) is 4.81. The third-order valence-corrected chi connectivity index (χ3v) is 3.53. The van der Waals surface area contributed by atoms with Crippen LogP contribution in [0.5, 0.6) is 0 Å². The zero-order valence-corrected chi connectivity index (χ0v) is 12.2. The highest BCUT2D eigenvalue weighted by Crippen LogP contribution is 2.29. The van der Waals surface area contributed by atoms with Gasteiger partial charge in [-0.25, -0.2) is 0 Å². The van der Waals surface area contributed by atoms with Gasteiger partial charge in [-0.15, -0.1) is 0 Å². The smallest absolute Gasteiger partial charge is 0.137 e. The monoisotopic (exact) mass is 261 g/mol. The maximum Gasteiger partial charge on any atom is 0.137 e. The number of nitrogens with one attached hydrogen (secondary N) is 1. The highest BCUT2D eigenvalue weighted by atomic mass is 16.5. The van der Waals surface area contributed by atoms with Gasteiger partial charge >= 0.3 is 0 Å². The molecule has 0 saturated heterocycles. The van der Waals surface area contributed by atoms with Crippen molar-refractivity contribution in [3.05, 3.63) is 35.6 Å². The number of furan rings is 1. The van der Waals surface area contributed by atoms with Crippen molar-refractivity contribution in [1.29, 1.82) is 0 Å². The molecule has 19 heavy (non-hydrogen) atoms. The van der Waals surface area contributed by atoms with Crippen molar-refractivity contribution in [2.75, 3.05) is 13.7 Å². The molecule has 1 aromatic carbocycles. The van der Waals surface area contributed by atoms with E-state index in [1.165, 1.54) is 5.56 Å². The van der Waals surface area contributed by atoms with Crippen LogP contribution in [-0.2, 0) is 4.74 Å². The summed E-state index contributed by atoms with van der Waals surface area (Å²) >= 11 is 0. The molecule has 3 nitrogen and oxygen atoms in total. The number of fused-ring (bicyclic) bond motifs is 1. The molecule has 2 aromatic rings. The number of aryl methyl sites for hydroxylation is 1. The molecule has 1 aromatic heterocycles. The highest BCUT2D eigenvalue weighted by molar-refractivity contribution is 5.81. The minimum Gasteiger partial charge on any atom is -0.459 e. The third-order valence-electron chi connectivity index (χ3n) is 3.53. The molecule has 3 heteroatoms. The summed E-state index contributed by atoms with van der Waals surface area (Å²) in [6, 6.07) is 8.43. The Morgan fingerprint density at radius 1 is 1.32 bits per heavy atom. The SMILES string of the molecule is CCOC(CC)C(NC)c1cc2cccc(C)c2o1. The molecule has 2 atom stereocenters. The van der Waals surface area contributed by atoms with Crippen molar-refractivity contribution >= 4 is 11.0 Å². The van der Waals surface area contributed by atoms with Crippen LogP contribution in [0.3, 0.4) is 0 Å². The van der Waals surface area contributed by atoms with Crippen LogP contribution in [0.25, 0.3) is 11.0 Å². The standard InChI is InChI=1S/C16H23NO2/c1-5-13(18-6-2)15(17-4)14-10-12-9-7-8-11(3)16(12)19-14/h7-10,13,15,17H,5-6H2,1-4H3. The molecule has 0 aliphatic heterocycles. The summed E-state index contributed by atoms with van der Waals surface area (Å²) in [6.45, 7) is 6.95. The first-order valence-corrected chi connectivity index (χ1v) is 6.99. The molecule has 0 aliphatic rings. The second-order valence-corrected chi connectivity index (χ2v) is 4.81. The largest absolute Gasteiger partial charge is 0.459 e. The molecule has 2 unspecified atom stereocenters. The van der Waals surface area contributed by atoms with Crippen LogP contribution in [0.2, 0.25) is 0 Å². The van der Waals surface area contributed by atoms with Crippen molar-refractivity contribution in [2.45, 2.75) is 39.3 Å². The van der Waals surface area contributed by atoms with E-state index in [0.717, 1.165) is 29.8 Å². The van der Waals surface area contributed by atoms with E-state index in [1.807, 2.05) is 14.0 Å². The maximum absolute atomic E-state index is 6.04. The van der Waals surface area contributed by atoms with Crippen molar-refractivity contribution in [1.82, 2.24) is 5.32 Å². The van der Waals surface area contributed by atoms with Gasteiger partial charge in [-0.3, -0.25) is 0 Å². The Hall–Kier alpha value is -1.32. The molecule has 0 amide bonds. The number of rotatable bonds is 6. The van der Waals surface area contributed by atoms with Gasteiger partial charge in [0.15, 0.2) is 0 Å². The normalized spacial score (nSPS) is 14.7. The first-order chi connectivity index (χ1) is 9.21. The second kappa shape index (κ2) is 6.22. The molecule has 0 aliphatic carbocycles. The van der Waals surface area contributed by atoms with Crippen molar-refractivity contribution < 1.29 is 9.15 Å². The van der Waals surface area contributed by atoms with Crippen LogP contribution < -0.4 is 5.32 Å². The number of para-hydroxylation sites is 1. The molecule has 104 valence electrons. The summed E-state index contributed by atoms with van der Waals surface area (Å²) in [5.74, 6) is 0.951. The summed E-state index contributed by atoms with van der Waals surface area (Å²) in [6.07, 6.45) is 1.09. The lowest BCUT2D eigenvalue weighted by molar-refractivity contribution is 0.0283. The summed E-state index contributed by atoms with van der Waals surface area (Å²) < 4.78 is 11.8. The molecule has 1 heterocycles. The van der Waals surface area contributed by atoms with Gasteiger partial charge < -0.3 is 14.5 Å². The van der Waals surface area contributed by atoms with Crippen LogP contribution in [0.15, 0.2) is 28.7 Å². The number of ether oxygens (including phenoxy) is 1. The molecule has 0 saturated carbocycles. The van der Waals surface area contributed by atoms with Crippen LogP contribution in [-0.4, -0.2) is 19.8 Å². The Morgan fingerprint density at radius 3 is 2.68 bits per heavy atom.